The van der Waals surface area contributed by atoms with E-state index in [0.29, 0.717) is 17.3 Å². The van der Waals surface area contributed by atoms with Gasteiger partial charge in [-0.15, -0.1) is 0 Å². The Morgan fingerprint density at radius 2 is 1.72 bits per heavy atom. The number of carbonyl (C=O) groups is 2. The maximum atomic E-state index is 12.1. The highest BCUT2D eigenvalue weighted by Gasteiger charge is 2.10. The zero-order valence-electron chi connectivity index (χ0n) is 16.0. The monoisotopic (exact) mass is 411 g/mol. The van der Waals surface area contributed by atoms with Crippen molar-refractivity contribution in [3.05, 3.63) is 77.3 Å². The summed E-state index contributed by atoms with van der Waals surface area (Å²) in [6.07, 6.45) is -0.565. The first-order chi connectivity index (χ1) is 14.0. The first-order valence-corrected chi connectivity index (χ1v) is 9.55. The molecule has 3 amide bonds. The molecule has 150 valence electrons. The molecular formula is C22H22ClN3O3. The minimum Gasteiger partial charge on any atom is -0.447 e. The van der Waals surface area contributed by atoms with Crippen molar-refractivity contribution >= 4 is 40.2 Å². The van der Waals surface area contributed by atoms with Gasteiger partial charge < -0.3 is 15.0 Å². The molecule has 0 aliphatic carbocycles. The number of anilines is 1. The summed E-state index contributed by atoms with van der Waals surface area (Å²) in [7, 11) is 1.63. The molecule has 3 aromatic carbocycles. The lowest BCUT2D eigenvalue weighted by atomic mass is 10.1. The van der Waals surface area contributed by atoms with E-state index in [4.69, 9.17) is 16.3 Å². The van der Waals surface area contributed by atoms with Gasteiger partial charge in [-0.25, -0.2) is 9.59 Å². The van der Waals surface area contributed by atoms with Gasteiger partial charge in [0.05, 0.1) is 6.54 Å². The molecule has 0 bridgehead atoms. The molecule has 7 heteroatoms. The van der Waals surface area contributed by atoms with E-state index in [2.05, 4.69) is 10.6 Å². The third-order valence-electron chi connectivity index (χ3n) is 4.39. The van der Waals surface area contributed by atoms with Crippen molar-refractivity contribution in [2.24, 2.45) is 0 Å². The Morgan fingerprint density at radius 3 is 2.52 bits per heavy atom. The molecule has 0 saturated heterocycles. The van der Waals surface area contributed by atoms with Gasteiger partial charge >= 0.3 is 12.1 Å². The van der Waals surface area contributed by atoms with Crippen LogP contribution in [0.1, 0.15) is 5.56 Å². The van der Waals surface area contributed by atoms with E-state index in [-0.39, 0.29) is 19.2 Å². The van der Waals surface area contributed by atoms with Crippen molar-refractivity contribution < 1.29 is 14.3 Å². The third-order valence-corrected chi connectivity index (χ3v) is 4.76. The lowest BCUT2D eigenvalue weighted by Crippen LogP contribution is -2.39. The Hall–Kier alpha value is -3.25. The fourth-order valence-electron chi connectivity index (χ4n) is 2.75. The van der Waals surface area contributed by atoms with Gasteiger partial charge in [0.2, 0.25) is 0 Å². The van der Waals surface area contributed by atoms with E-state index < -0.39 is 6.09 Å². The molecule has 0 saturated carbocycles. The summed E-state index contributed by atoms with van der Waals surface area (Å²) in [5, 5.41) is 8.20. The second kappa shape index (κ2) is 9.80. The summed E-state index contributed by atoms with van der Waals surface area (Å²) < 4.78 is 5.17. The first-order valence-electron chi connectivity index (χ1n) is 9.18. The van der Waals surface area contributed by atoms with Crippen LogP contribution in [0.5, 0.6) is 0 Å². The molecule has 0 aliphatic heterocycles. The molecule has 0 heterocycles. The highest BCUT2D eigenvalue weighted by Crippen LogP contribution is 2.19. The van der Waals surface area contributed by atoms with Gasteiger partial charge in [-0.05, 0) is 34.5 Å². The highest BCUT2D eigenvalue weighted by molar-refractivity contribution is 6.31. The summed E-state index contributed by atoms with van der Waals surface area (Å²) in [6, 6.07) is 20.6. The fourth-order valence-corrected chi connectivity index (χ4v) is 2.95. The standard InChI is InChI=1S/C22H22ClN3O3/c1-26(21(27)24-15-18-8-4-5-9-20(18)23)12-13-29-22(28)25-19-11-10-16-6-2-3-7-17(16)14-19/h2-11,14H,12-13,15H2,1H3,(H,24,27)(H,25,28). The number of halogens is 1. The van der Waals surface area contributed by atoms with Gasteiger partial charge in [0.15, 0.2) is 0 Å². The lowest BCUT2D eigenvalue weighted by Gasteiger charge is -2.18. The van der Waals surface area contributed by atoms with Crippen LogP contribution in [0.25, 0.3) is 10.8 Å². The number of ether oxygens (including phenoxy) is 1. The van der Waals surface area contributed by atoms with Crippen LogP contribution in [0.3, 0.4) is 0 Å². The second-order valence-corrected chi connectivity index (χ2v) is 6.90. The van der Waals surface area contributed by atoms with E-state index in [9.17, 15) is 9.59 Å². The molecule has 0 radical (unpaired) electrons. The van der Waals surface area contributed by atoms with E-state index >= 15 is 0 Å². The fraction of sp³-hybridized carbons (Fsp3) is 0.182. The Balaban J connectivity index is 1.40. The summed E-state index contributed by atoms with van der Waals surface area (Å²) in [6.45, 7) is 0.668. The molecule has 3 rings (SSSR count). The average molecular weight is 412 g/mol. The maximum absolute atomic E-state index is 12.1. The summed E-state index contributed by atoms with van der Waals surface area (Å²) in [5.74, 6) is 0. The van der Waals surface area contributed by atoms with Crippen LogP contribution < -0.4 is 10.6 Å². The van der Waals surface area contributed by atoms with Gasteiger partial charge in [-0.3, -0.25) is 5.32 Å². The van der Waals surface area contributed by atoms with Crippen LogP contribution in [-0.2, 0) is 11.3 Å². The Morgan fingerprint density at radius 1 is 1.00 bits per heavy atom. The minimum atomic E-state index is -0.565. The van der Waals surface area contributed by atoms with Gasteiger partial charge in [-0.2, -0.15) is 0 Å². The molecule has 0 atom stereocenters. The molecule has 0 aromatic heterocycles. The highest BCUT2D eigenvalue weighted by atomic mass is 35.5. The van der Waals surface area contributed by atoms with Crippen molar-refractivity contribution in [2.45, 2.75) is 6.54 Å². The minimum absolute atomic E-state index is 0.0788. The summed E-state index contributed by atoms with van der Waals surface area (Å²) in [4.78, 5) is 25.6. The molecule has 0 unspecified atom stereocenters. The molecule has 0 aliphatic rings. The van der Waals surface area contributed by atoms with Crippen molar-refractivity contribution in [3.63, 3.8) is 0 Å². The summed E-state index contributed by atoms with van der Waals surface area (Å²) in [5.41, 5.74) is 1.49. The maximum Gasteiger partial charge on any atom is 0.411 e. The molecule has 2 N–H and O–H groups in total. The molecule has 29 heavy (non-hydrogen) atoms. The predicted octanol–water partition coefficient (Wildman–Crippen LogP) is 4.88. The lowest BCUT2D eigenvalue weighted by molar-refractivity contribution is 0.146. The third kappa shape index (κ3) is 5.86. The van der Waals surface area contributed by atoms with Gasteiger partial charge in [0, 0.05) is 24.3 Å². The predicted molar refractivity (Wildman–Crippen MR) is 115 cm³/mol. The van der Waals surface area contributed by atoms with Crippen LogP contribution >= 0.6 is 11.6 Å². The number of carbonyl (C=O) groups excluding carboxylic acids is 2. The number of nitrogens with zero attached hydrogens (tertiary/aromatic N) is 1. The average Bonchev–Trinajstić information content (AvgIpc) is 2.72. The van der Waals surface area contributed by atoms with E-state index in [1.807, 2.05) is 60.7 Å². The first kappa shape index (κ1) is 20.5. The Labute approximate surface area is 174 Å². The van der Waals surface area contributed by atoms with Crippen molar-refractivity contribution in [3.8, 4) is 0 Å². The molecular weight excluding hydrogens is 390 g/mol. The van der Waals surface area contributed by atoms with Crippen LogP contribution in [-0.4, -0.2) is 37.2 Å². The van der Waals surface area contributed by atoms with Crippen LogP contribution in [0, 0.1) is 0 Å². The van der Waals surface area contributed by atoms with Crippen LogP contribution in [0.4, 0.5) is 15.3 Å². The molecule has 3 aromatic rings. The summed E-state index contributed by atoms with van der Waals surface area (Å²) >= 11 is 6.08. The molecule has 0 spiro atoms. The second-order valence-electron chi connectivity index (χ2n) is 6.49. The van der Waals surface area contributed by atoms with Gasteiger partial charge in [0.25, 0.3) is 0 Å². The number of rotatable bonds is 6. The topological polar surface area (TPSA) is 70.7 Å². The normalized spacial score (nSPS) is 10.4. The smallest absolute Gasteiger partial charge is 0.411 e. The SMILES string of the molecule is CN(CCOC(=O)Nc1ccc2ccccc2c1)C(=O)NCc1ccccc1Cl. The molecule has 6 nitrogen and oxygen atoms in total. The Bertz CT molecular complexity index is 1010. The number of fused-ring (bicyclic) bond motifs is 1. The van der Waals surface area contributed by atoms with Crippen molar-refractivity contribution in [1.82, 2.24) is 10.2 Å². The number of likely N-dealkylation sites (N-methyl/N-ethyl adjacent to an activating group) is 1. The number of hydrogen-bond acceptors (Lipinski definition) is 3. The Kier molecular flexibility index (Phi) is 6.92. The van der Waals surface area contributed by atoms with E-state index in [1.165, 1.54) is 4.90 Å². The van der Waals surface area contributed by atoms with Gasteiger partial charge in [-0.1, -0.05) is 60.1 Å². The van der Waals surface area contributed by atoms with Crippen LogP contribution in [0.2, 0.25) is 5.02 Å². The van der Waals surface area contributed by atoms with Crippen molar-refractivity contribution in [1.29, 1.82) is 0 Å². The zero-order valence-corrected chi connectivity index (χ0v) is 16.8. The number of hydrogen-bond donors (Lipinski definition) is 2. The van der Waals surface area contributed by atoms with Crippen LogP contribution in [0.15, 0.2) is 66.7 Å². The molecule has 0 fully saturated rings. The van der Waals surface area contributed by atoms with Crippen molar-refractivity contribution in [2.75, 3.05) is 25.5 Å². The largest absolute Gasteiger partial charge is 0.447 e. The number of benzene rings is 3. The van der Waals surface area contributed by atoms with E-state index in [0.717, 1.165) is 16.3 Å². The number of urea groups is 1. The number of nitrogens with one attached hydrogen (secondary N) is 2. The zero-order chi connectivity index (χ0) is 20.6. The number of amides is 3. The van der Waals surface area contributed by atoms with E-state index in [1.54, 1.807) is 13.1 Å². The van der Waals surface area contributed by atoms with Gasteiger partial charge in [0.1, 0.15) is 6.61 Å². The quantitative estimate of drug-likeness (QED) is 0.607.